The lowest BCUT2D eigenvalue weighted by Crippen LogP contribution is -2.08. The van der Waals surface area contributed by atoms with Crippen LogP contribution in [0.4, 0.5) is 5.95 Å². The van der Waals surface area contributed by atoms with E-state index < -0.39 is 0 Å². The molecule has 0 atom stereocenters. The van der Waals surface area contributed by atoms with Gasteiger partial charge in [0.25, 0.3) is 0 Å². The zero-order chi connectivity index (χ0) is 18.1. The number of nitrogens with zero attached hydrogens (tertiary/aromatic N) is 4. The maximum atomic E-state index is 5.32. The monoisotopic (exact) mass is 347 g/mol. The number of nitrogens with one attached hydrogen (secondary N) is 1. The first-order chi connectivity index (χ1) is 12.7. The Bertz CT molecular complexity index is 1030. The van der Waals surface area contributed by atoms with Crippen molar-refractivity contribution in [3.8, 4) is 11.1 Å². The van der Waals surface area contributed by atoms with Crippen molar-refractivity contribution in [3.63, 3.8) is 0 Å². The maximum absolute atomic E-state index is 5.32. The fourth-order valence-corrected chi connectivity index (χ4v) is 3.26. The van der Waals surface area contributed by atoms with Crippen molar-refractivity contribution >= 4 is 17.1 Å². The number of fused-ring (bicyclic) bond motifs is 1. The van der Waals surface area contributed by atoms with Crippen LogP contribution in [0.1, 0.15) is 23.9 Å². The Morgan fingerprint density at radius 2 is 1.96 bits per heavy atom. The summed E-state index contributed by atoms with van der Waals surface area (Å²) in [5, 5.41) is 7.40. The fraction of sp³-hybridized carbons (Fsp3) is 0.250. The molecule has 0 aliphatic heterocycles. The molecule has 0 saturated heterocycles. The molecule has 3 aromatic heterocycles. The first-order valence-electron chi connectivity index (χ1n) is 8.74. The van der Waals surface area contributed by atoms with E-state index in [1.165, 1.54) is 5.56 Å². The van der Waals surface area contributed by atoms with Crippen molar-refractivity contribution in [2.24, 2.45) is 0 Å². The van der Waals surface area contributed by atoms with Crippen LogP contribution in [0.25, 0.3) is 22.3 Å². The Morgan fingerprint density at radius 3 is 2.65 bits per heavy atom. The van der Waals surface area contributed by atoms with Crippen LogP contribution in [-0.4, -0.2) is 26.2 Å². The van der Waals surface area contributed by atoms with Crippen molar-refractivity contribution in [1.82, 2.24) is 19.7 Å². The van der Waals surface area contributed by atoms with Crippen molar-refractivity contribution in [1.29, 1.82) is 0 Å². The van der Waals surface area contributed by atoms with E-state index in [4.69, 9.17) is 4.52 Å². The summed E-state index contributed by atoms with van der Waals surface area (Å²) in [6.45, 7) is 7.46. The van der Waals surface area contributed by atoms with Crippen LogP contribution in [0.5, 0.6) is 0 Å². The largest absolute Gasteiger partial charge is 0.361 e. The van der Waals surface area contributed by atoms with Gasteiger partial charge in [0.05, 0.1) is 17.8 Å². The van der Waals surface area contributed by atoms with Gasteiger partial charge in [-0.15, -0.1) is 0 Å². The van der Waals surface area contributed by atoms with Gasteiger partial charge in [0.1, 0.15) is 5.76 Å². The first-order valence-corrected chi connectivity index (χ1v) is 8.74. The number of anilines is 1. The Balaban J connectivity index is 1.87. The van der Waals surface area contributed by atoms with E-state index in [0.717, 1.165) is 52.8 Å². The molecule has 1 aromatic carbocycles. The summed E-state index contributed by atoms with van der Waals surface area (Å²) in [6, 6.07) is 12.5. The van der Waals surface area contributed by atoms with E-state index in [1.54, 1.807) is 0 Å². The summed E-state index contributed by atoms with van der Waals surface area (Å²) in [4.78, 5) is 9.25. The zero-order valence-electron chi connectivity index (χ0n) is 15.2. The molecule has 0 radical (unpaired) electrons. The summed E-state index contributed by atoms with van der Waals surface area (Å²) in [7, 11) is 0. The summed E-state index contributed by atoms with van der Waals surface area (Å²) in [5.74, 6) is 1.62. The van der Waals surface area contributed by atoms with E-state index in [9.17, 15) is 0 Å². The average molecular weight is 347 g/mol. The molecule has 0 aliphatic rings. The molecule has 26 heavy (non-hydrogen) atoms. The Kier molecular flexibility index (Phi) is 4.16. The van der Waals surface area contributed by atoms with Gasteiger partial charge in [0.15, 0.2) is 5.65 Å². The Labute approximate surface area is 151 Å². The van der Waals surface area contributed by atoms with Gasteiger partial charge in [-0.1, -0.05) is 35.5 Å². The second-order valence-corrected chi connectivity index (χ2v) is 6.30. The molecule has 1 N–H and O–H groups in total. The number of pyridine rings is 1. The van der Waals surface area contributed by atoms with Gasteiger partial charge in [-0.2, -0.15) is 4.98 Å². The zero-order valence-corrected chi connectivity index (χ0v) is 15.2. The van der Waals surface area contributed by atoms with Crippen LogP contribution in [0, 0.1) is 13.8 Å². The van der Waals surface area contributed by atoms with Crippen LogP contribution < -0.4 is 5.32 Å². The van der Waals surface area contributed by atoms with E-state index in [1.807, 2.05) is 26.1 Å². The molecule has 0 saturated carbocycles. The smallest absolute Gasteiger partial charge is 0.205 e. The first kappa shape index (κ1) is 16.3. The lowest BCUT2D eigenvalue weighted by Gasteiger charge is -2.10. The molecule has 0 amide bonds. The standard InChI is InChI=1S/C20H21N5O/c1-4-21-20-23-19-17(25(20)12-15-8-6-5-7-9-15)10-16(11-22-19)18-13(2)24-26-14(18)3/h5-11H,4,12H2,1-3H3,(H,21,22,23). The molecule has 6 nitrogen and oxygen atoms in total. The number of aryl methyl sites for hydroxylation is 2. The van der Waals surface area contributed by atoms with E-state index in [-0.39, 0.29) is 0 Å². The highest BCUT2D eigenvalue weighted by molar-refractivity contribution is 5.81. The lowest BCUT2D eigenvalue weighted by molar-refractivity contribution is 0.393. The van der Waals surface area contributed by atoms with Gasteiger partial charge in [-0.05, 0) is 32.4 Å². The SMILES string of the molecule is CCNc1nc2ncc(-c3c(C)noc3C)cc2n1Cc1ccccc1. The summed E-state index contributed by atoms with van der Waals surface area (Å²) in [5.41, 5.74) is 5.79. The minimum Gasteiger partial charge on any atom is -0.361 e. The average Bonchev–Trinajstić information content (AvgIpc) is 3.16. The molecule has 4 aromatic rings. The van der Waals surface area contributed by atoms with Crippen LogP contribution in [-0.2, 0) is 6.54 Å². The van der Waals surface area contributed by atoms with E-state index in [2.05, 4.69) is 62.3 Å². The minimum atomic E-state index is 0.729. The van der Waals surface area contributed by atoms with Gasteiger partial charge in [-0.25, -0.2) is 4.98 Å². The van der Waals surface area contributed by atoms with Crippen molar-refractivity contribution in [2.45, 2.75) is 27.3 Å². The van der Waals surface area contributed by atoms with Crippen molar-refractivity contribution < 1.29 is 4.52 Å². The maximum Gasteiger partial charge on any atom is 0.205 e. The number of hydrogen-bond donors (Lipinski definition) is 1. The third-order valence-corrected chi connectivity index (χ3v) is 4.45. The predicted molar refractivity (Wildman–Crippen MR) is 102 cm³/mol. The third-order valence-electron chi connectivity index (χ3n) is 4.45. The van der Waals surface area contributed by atoms with Gasteiger partial charge in [0.2, 0.25) is 5.95 Å². The highest BCUT2D eigenvalue weighted by Crippen LogP contribution is 2.30. The number of hydrogen-bond acceptors (Lipinski definition) is 5. The second-order valence-electron chi connectivity index (χ2n) is 6.30. The predicted octanol–water partition coefficient (Wildman–Crippen LogP) is 4.18. The minimum absolute atomic E-state index is 0.729. The quantitative estimate of drug-likeness (QED) is 0.586. The number of benzene rings is 1. The fourth-order valence-electron chi connectivity index (χ4n) is 3.26. The second kappa shape index (κ2) is 6.63. The van der Waals surface area contributed by atoms with Crippen molar-refractivity contribution in [3.05, 3.63) is 59.6 Å². The van der Waals surface area contributed by atoms with Crippen LogP contribution in [0.2, 0.25) is 0 Å². The van der Waals surface area contributed by atoms with E-state index >= 15 is 0 Å². The summed E-state index contributed by atoms with van der Waals surface area (Å²) < 4.78 is 7.49. The van der Waals surface area contributed by atoms with Gasteiger partial charge in [0, 0.05) is 23.9 Å². The molecule has 4 rings (SSSR count). The molecular weight excluding hydrogens is 326 g/mol. The molecule has 0 bridgehead atoms. The summed E-state index contributed by atoms with van der Waals surface area (Å²) >= 11 is 0. The highest BCUT2D eigenvalue weighted by atomic mass is 16.5. The topological polar surface area (TPSA) is 68.8 Å². The number of aromatic nitrogens is 4. The molecule has 6 heteroatoms. The van der Waals surface area contributed by atoms with E-state index in [0.29, 0.717) is 0 Å². The van der Waals surface area contributed by atoms with Crippen LogP contribution in [0.15, 0.2) is 47.1 Å². The molecule has 0 fully saturated rings. The van der Waals surface area contributed by atoms with Crippen molar-refractivity contribution in [2.75, 3.05) is 11.9 Å². The normalized spacial score (nSPS) is 11.2. The summed E-state index contributed by atoms with van der Waals surface area (Å²) in [6.07, 6.45) is 1.84. The van der Waals surface area contributed by atoms with Gasteiger partial charge in [-0.3, -0.25) is 0 Å². The third kappa shape index (κ3) is 2.83. The van der Waals surface area contributed by atoms with Crippen LogP contribution in [0.3, 0.4) is 0 Å². The molecule has 3 heterocycles. The molecule has 0 aliphatic carbocycles. The van der Waals surface area contributed by atoms with Gasteiger partial charge < -0.3 is 14.4 Å². The Hall–Kier alpha value is -3.15. The van der Waals surface area contributed by atoms with Gasteiger partial charge >= 0.3 is 0 Å². The highest BCUT2D eigenvalue weighted by Gasteiger charge is 2.16. The number of rotatable bonds is 5. The molecule has 0 unspecified atom stereocenters. The Morgan fingerprint density at radius 1 is 1.15 bits per heavy atom. The lowest BCUT2D eigenvalue weighted by atomic mass is 10.1. The molecular formula is C20H21N5O. The molecule has 0 spiro atoms. The molecule has 132 valence electrons. The number of imidazole rings is 1. The van der Waals surface area contributed by atoms with Crippen LogP contribution >= 0.6 is 0 Å².